The number of nitro groups is 1. The molecule has 1 unspecified atom stereocenters. The van der Waals surface area contributed by atoms with Gasteiger partial charge in [-0.1, -0.05) is 6.92 Å². The van der Waals surface area contributed by atoms with Crippen molar-refractivity contribution in [2.24, 2.45) is 0 Å². The maximum absolute atomic E-state index is 12.1. The third-order valence-electron chi connectivity index (χ3n) is 2.82. The number of carbonyl (C=O) groups excluding carboxylic acids is 1. The molecule has 0 spiro atoms. The van der Waals surface area contributed by atoms with Crippen LogP contribution in [0.25, 0.3) is 0 Å². The average Bonchev–Trinajstić information content (AvgIpc) is 3.08. The van der Waals surface area contributed by atoms with Crippen LogP contribution in [-0.2, 0) is 11.3 Å². The molecule has 8 heteroatoms. The molecule has 2 aromatic rings. The van der Waals surface area contributed by atoms with E-state index in [0.717, 1.165) is 6.20 Å². The van der Waals surface area contributed by atoms with Gasteiger partial charge >= 0.3 is 5.69 Å². The summed E-state index contributed by atoms with van der Waals surface area (Å²) in [6, 6.07) is 2.90. The summed E-state index contributed by atoms with van der Waals surface area (Å²) >= 11 is 0. The van der Waals surface area contributed by atoms with Gasteiger partial charge in [-0.3, -0.25) is 19.6 Å². The molecule has 0 aromatic carbocycles. The van der Waals surface area contributed by atoms with Crippen molar-refractivity contribution in [2.75, 3.05) is 0 Å². The van der Waals surface area contributed by atoms with E-state index in [-0.39, 0.29) is 18.1 Å². The van der Waals surface area contributed by atoms with Gasteiger partial charge < -0.3 is 9.73 Å². The molecule has 0 bridgehead atoms. The zero-order valence-electron chi connectivity index (χ0n) is 10.9. The Morgan fingerprint density at radius 3 is 3.00 bits per heavy atom. The molecule has 0 fully saturated rings. The van der Waals surface area contributed by atoms with Crippen LogP contribution in [0.4, 0.5) is 5.69 Å². The monoisotopic (exact) mass is 278 g/mol. The van der Waals surface area contributed by atoms with Crippen LogP contribution in [0.2, 0.25) is 0 Å². The van der Waals surface area contributed by atoms with Gasteiger partial charge in [0.15, 0.2) is 0 Å². The maximum atomic E-state index is 12.1. The molecule has 2 aromatic heterocycles. The van der Waals surface area contributed by atoms with Crippen molar-refractivity contribution in [1.29, 1.82) is 0 Å². The van der Waals surface area contributed by atoms with Crippen molar-refractivity contribution in [3.8, 4) is 0 Å². The molecule has 0 saturated heterocycles. The highest BCUT2D eigenvalue weighted by atomic mass is 16.6. The largest absolute Gasteiger partial charge is 0.467 e. The Morgan fingerprint density at radius 2 is 2.45 bits per heavy atom. The van der Waals surface area contributed by atoms with E-state index in [0.29, 0.717) is 12.2 Å². The van der Waals surface area contributed by atoms with E-state index in [2.05, 4.69) is 10.4 Å². The van der Waals surface area contributed by atoms with Gasteiger partial charge in [-0.15, -0.1) is 0 Å². The molecule has 0 aliphatic rings. The SMILES string of the molecule is CCC(C(=O)NCc1ccco1)n1cc([N+](=O)[O-])cn1. The summed E-state index contributed by atoms with van der Waals surface area (Å²) in [5.74, 6) is 0.376. The Morgan fingerprint density at radius 1 is 1.65 bits per heavy atom. The topological polar surface area (TPSA) is 103 Å². The zero-order valence-corrected chi connectivity index (χ0v) is 10.9. The molecule has 2 heterocycles. The van der Waals surface area contributed by atoms with Crippen LogP contribution in [0.3, 0.4) is 0 Å². The molecular formula is C12H14N4O4. The maximum Gasteiger partial charge on any atom is 0.307 e. The summed E-state index contributed by atoms with van der Waals surface area (Å²) in [4.78, 5) is 22.1. The van der Waals surface area contributed by atoms with E-state index in [1.807, 2.05) is 6.92 Å². The molecule has 0 aliphatic carbocycles. The molecule has 2 rings (SSSR count). The lowest BCUT2D eigenvalue weighted by Gasteiger charge is -2.14. The van der Waals surface area contributed by atoms with E-state index >= 15 is 0 Å². The van der Waals surface area contributed by atoms with Crippen LogP contribution in [0.15, 0.2) is 35.2 Å². The van der Waals surface area contributed by atoms with Crippen LogP contribution < -0.4 is 5.32 Å². The van der Waals surface area contributed by atoms with Crippen molar-refractivity contribution in [2.45, 2.75) is 25.9 Å². The van der Waals surface area contributed by atoms with Gasteiger partial charge in [0.05, 0.1) is 17.7 Å². The Labute approximate surface area is 114 Å². The van der Waals surface area contributed by atoms with Crippen molar-refractivity contribution >= 4 is 11.6 Å². The molecule has 106 valence electrons. The summed E-state index contributed by atoms with van der Waals surface area (Å²) < 4.78 is 6.41. The summed E-state index contributed by atoms with van der Waals surface area (Å²) in [5, 5.41) is 17.2. The first-order valence-corrected chi connectivity index (χ1v) is 6.10. The van der Waals surface area contributed by atoms with E-state index in [4.69, 9.17) is 4.42 Å². The van der Waals surface area contributed by atoms with Crippen LogP contribution >= 0.6 is 0 Å². The molecule has 20 heavy (non-hydrogen) atoms. The van der Waals surface area contributed by atoms with Gasteiger partial charge in [-0.05, 0) is 18.6 Å². The smallest absolute Gasteiger partial charge is 0.307 e. The predicted molar refractivity (Wildman–Crippen MR) is 68.8 cm³/mol. The second kappa shape index (κ2) is 6.00. The standard InChI is InChI=1S/C12H14N4O4/c1-2-11(15-8-9(6-14-15)16(18)19)12(17)13-7-10-4-3-5-20-10/h3-6,8,11H,2,7H2,1H3,(H,13,17). The number of aromatic nitrogens is 2. The number of hydrogen-bond acceptors (Lipinski definition) is 5. The van der Waals surface area contributed by atoms with E-state index in [1.54, 1.807) is 12.1 Å². The third-order valence-corrected chi connectivity index (χ3v) is 2.82. The number of amides is 1. The lowest BCUT2D eigenvalue weighted by atomic mass is 10.2. The van der Waals surface area contributed by atoms with E-state index in [1.165, 1.54) is 17.1 Å². The van der Waals surface area contributed by atoms with E-state index < -0.39 is 11.0 Å². The number of furan rings is 1. The number of hydrogen-bond donors (Lipinski definition) is 1. The fourth-order valence-corrected chi connectivity index (χ4v) is 1.79. The zero-order chi connectivity index (χ0) is 14.5. The Hall–Kier alpha value is -2.64. The quantitative estimate of drug-likeness (QED) is 0.639. The first kappa shape index (κ1) is 13.8. The highest BCUT2D eigenvalue weighted by Gasteiger charge is 2.21. The summed E-state index contributed by atoms with van der Waals surface area (Å²) in [5.41, 5.74) is -0.137. The van der Waals surface area contributed by atoms with Gasteiger partial charge in [-0.25, -0.2) is 0 Å². The van der Waals surface area contributed by atoms with Gasteiger partial charge in [-0.2, -0.15) is 5.10 Å². The van der Waals surface area contributed by atoms with Crippen LogP contribution in [0, 0.1) is 10.1 Å². The first-order valence-electron chi connectivity index (χ1n) is 6.10. The molecule has 0 aliphatic heterocycles. The van der Waals surface area contributed by atoms with Gasteiger partial charge in [0, 0.05) is 0 Å². The van der Waals surface area contributed by atoms with Crippen molar-refractivity contribution in [3.63, 3.8) is 0 Å². The third kappa shape index (κ3) is 3.02. The number of nitrogens with zero attached hydrogens (tertiary/aromatic N) is 3. The number of nitrogens with one attached hydrogen (secondary N) is 1. The van der Waals surface area contributed by atoms with Gasteiger partial charge in [0.1, 0.15) is 24.2 Å². The second-order valence-corrected chi connectivity index (χ2v) is 4.16. The van der Waals surface area contributed by atoms with Gasteiger partial charge in [0.25, 0.3) is 0 Å². The Balaban J connectivity index is 2.02. The van der Waals surface area contributed by atoms with Crippen molar-refractivity contribution < 1.29 is 14.1 Å². The molecule has 1 N–H and O–H groups in total. The molecule has 1 atom stereocenters. The first-order chi connectivity index (χ1) is 9.61. The lowest BCUT2D eigenvalue weighted by molar-refractivity contribution is -0.385. The van der Waals surface area contributed by atoms with Crippen molar-refractivity contribution in [3.05, 3.63) is 46.7 Å². The van der Waals surface area contributed by atoms with Crippen LogP contribution in [0.1, 0.15) is 25.1 Å². The summed E-state index contributed by atoms with van der Waals surface area (Å²) in [6.45, 7) is 2.08. The number of rotatable bonds is 6. The molecule has 0 saturated carbocycles. The minimum atomic E-state index is -0.585. The fourth-order valence-electron chi connectivity index (χ4n) is 1.79. The molecular weight excluding hydrogens is 264 g/mol. The highest BCUT2D eigenvalue weighted by molar-refractivity contribution is 5.80. The Bertz CT molecular complexity index is 590. The lowest BCUT2D eigenvalue weighted by Crippen LogP contribution is -2.32. The number of carbonyl (C=O) groups is 1. The Kier molecular flexibility index (Phi) is 4.14. The minimum absolute atomic E-state index is 0.137. The van der Waals surface area contributed by atoms with Crippen LogP contribution in [0.5, 0.6) is 0 Å². The minimum Gasteiger partial charge on any atom is -0.467 e. The molecule has 0 radical (unpaired) electrons. The highest BCUT2D eigenvalue weighted by Crippen LogP contribution is 2.16. The van der Waals surface area contributed by atoms with Crippen LogP contribution in [-0.4, -0.2) is 20.6 Å². The molecule has 8 nitrogen and oxygen atoms in total. The summed E-state index contributed by atoms with van der Waals surface area (Å²) in [7, 11) is 0. The summed E-state index contributed by atoms with van der Waals surface area (Å²) in [6.07, 6.45) is 4.38. The normalized spacial score (nSPS) is 12.1. The second-order valence-electron chi connectivity index (χ2n) is 4.16. The predicted octanol–water partition coefficient (Wildman–Crippen LogP) is 1.65. The molecule has 1 amide bonds. The van der Waals surface area contributed by atoms with Gasteiger partial charge in [0.2, 0.25) is 5.91 Å². The van der Waals surface area contributed by atoms with E-state index in [9.17, 15) is 14.9 Å². The average molecular weight is 278 g/mol. The fraction of sp³-hybridized carbons (Fsp3) is 0.333. The van der Waals surface area contributed by atoms with Crippen molar-refractivity contribution in [1.82, 2.24) is 15.1 Å².